The van der Waals surface area contributed by atoms with E-state index in [4.69, 9.17) is 4.74 Å². The number of hydrogen-bond donors (Lipinski definition) is 1. The van der Waals surface area contributed by atoms with Gasteiger partial charge in [0.2, 0.25) is 0 Å². The van der Waals surface area contributed by atoms with Crippen LogP contribution in [-0.4, -0.2) is 25.8 Å². The number of thiophene rings is 1. The standard InChI is InChI=1S/C18H25NOS/c1-2-8-19-16(10-14-7-9-20-12-14)11-15-13-21-18-6-4-3-5-17(15)18/h3-6,13-14,16,19H,2,7-12H2,1H3. The molecule has 2 nitrogen and oxygen atoms in total. The van der Waals surface area contributed by atoms with Crippen molar-refractivity contribution in [1.29, 1.82) is 0 Å². The molecule has 3 rings (SSSR count). The quantitative estimate of drug-likeness (QED) is 0.826. The van der Waals surface area contributed by atoms with Crippen molar-refractivity contribution >= 4 is 21.4 Å². The van der Waals surface area contributed by atoms with Crippen LogP contribution in [0.5, 0.6) is 0 Å². The number of fused-ring (bicyclic) bond motifs is 1. The minimum Gasteiger partial charge on any atom is -0.381 e. The van der Waals surface area contributed by atoms with Crippen LogP contribution in [0.3, 0.4) is 0 Å². The zero-order valence-corrected chi connectivity index (χ0v) is 13.6. The molecule has 2 unspecified atom stereocenters. The van der Waals surface area contributed by atoms with Crippen molar-refractivity contribution in [3.05, 3.63) is 35.2 Å². The first-order chi connectivity index (χ1) is 10.4. The molecule has 114 valence electrons. The number of rotatable bonds is 7. The number of hydrogen-bond acceptors (Lipinski definition) is 3. The fourth-order valence-electron chi connectivity index (χ4n) is 3.22. The molecule has 1 aliphatic rings. The lowest BCUT2D eigenvalue weighted by atomic mass is 9.94. The van der Waals surface area contributed by atoms with Gasteiger partial charge in [0.1, 0.15) is 0 Å². The molecule has 0 aliphatic carbocycles. The Morgan fingerprint density at radius 1 is 1.38 bits per heavy atom. The SMILES string of the molecule is CCCNC(Cc1csc2ccccc12)CC1CCOC1. The summed E-state index contributed by atoms with van der Waals surface area (Å²) in [5.41, 5.74) is 1.50. The molecule has 1 fully saturated rings. The Bertz CT molecular complexity index is 559. The van der Waals surface area contributed by atoms with Crippen molar-refractivity contribution in [3.8, 4) is 0 Å². The van der Waals surface area contributed by atoms with E-state index < -0.39 is 0 Å². The van der Waals surface area contributed by atoms with E-state index in [1.54, 1.807) is 0 Å². The second kappa shape index (κ2) is 7.39. The largest absolute Gasteiger partial charge is 0.381 e. The fraction of sp³-hybridized carbons (Fsp3) is 0.556. The van der Waals surface area contributed by atoms with E-state index in [-0.39, 0.29) is 0 Å². The van der Waals surface area contributed by atoms with Gasteiger partial charge in [0.05, 0.1) is 0 Å². The molecule has 2 atom stereocenters. The predicted octanol–water partition coefficient (Wildman–Crippen LogP) is 4.24. The van der Waals surface area contributed by atoms with Gasteiger partial charge in [-0.25, -0.2) is 0 Å². The molecule has 21 heavy (non-hydrogen) atoms. The van der Waals surface area contributed by atoms with E-state index in [1.165, 1.54) is 34.9 Å². The van der Waals surface area contributed by atoms with Crippen LogP contribution in [0.2, 0.25) is 0 Å². The highest BCUT2D eigenvalue weighted by Crippen LogP contribution is 2.28. The Balaban J connectivity index is 1.70. The molecule has 0 amide bonds. The van der Waals surface area contributed by atoms with Crippen LogP contribution in [0, 0.1) is 5.92 Å². The maximum absolute atomic E-state index is 5.54. The smallest absolute Gasteiger partial charge is 0.0495 e. The van der Waals surface area contributed by atoms with E-state index in [1.807, 2.05) is 11.3 Å². The van der Waals surface area contributed by atoms with Gasteiger partial charge in [-0.3, -0.25) is 0 Å². The molecule has 1 aliphatic heterocycles. The van der Waals surface area contributed by atoms with Crippen LogP contribution >= 0.6 is 11.3 Å². The molecular weight excluding hydrogens is 278 g/mol. The minimum absolute atomic E-state index is 0.578. The molecule has 0 bridgehead atoms. The van der Waals surface area contributed by atoms with Gasteiger partial charge >= 0.3 is 0 Å². The van der Waals surface area contributed by atoms with Gasteiger partial charge in [0.25, 0.3) is 0 Å². The maximum Gasteiger partial charge on any atom is 0.0495 e. The molecule has 1 aromatic carbocycles. The molecule has 3 heteroatoms. The Hall–Kier alpha value is -0.900. The third-order valence-corrected chi connectivity index (χ3v) is 5.36. The monoisotopic (exact) mass is 303 g/mol. The maximum atomic E-state index is 5.54. The van der Waals surface area contributed by atoms with Crippen LogP contribution in [-0.2, 0) is 11.2 Å². The van der Waals surface area contributed by atoms with Gasteiger partial charge in [-0.05, 0) is 60.5 Å². The highest BCUT2D eigenvalue weighted by atomic mass is 32.1. The molecule has 2 heterocycles. The lowest BCUT2D eigenvalue weighted by Gasteiger charge is -2.21. The first kappa shape index (κ1) is 15.0. The summed E-state index contributed by atoms with van der Waals surface area (Å²) in [6, 6.07) is 9.34. The molecule has 0 radical (unpaired) electrons. The summed E-state index contributed by atoms with van der Waals surface area (Å²) in [7, 11) is 0. The number of ether oxygens (including phenoxy) is 1. The molecule has 1 saturated heterocycles. The van der Waals surface area contributed by atoms with E-state index in [9.17, 15) is 0 Å². The summed E-state index contributed by atoms with van der Waals surface area (Å²) in [6.45, 7) is 5.25. The van der Waals surface area contributed by atoms with Crippen molar-refractivity contribution < 1.29 is 4.74 Å². The molecule has 1 N–H and O–H groups in total. The average Bonchev–Trinajstić information content (AvgIpc) is 3.15. The molecule has 2 aromatic rings. The van der Waals surface area contributed by atoms with Gasteiger partial charge in [0.15, 0.2) is 0 Å². The second-order valence-corrected chi connectivity index (χ2v) is 6.99. The average molecular weight is 303 g/mol. The summed E-state index contributed by atoms with van der Waals surface area (Å²) >= 11 is 1.87. The van der Waals surface area contributed by atoms with Gasteiger partial charge in [0, 0.05) is 24.0 Å². The van der Waals surface area contributed by atoms with Crippen LogP contribution in [0.15, 0.2) is 29.6 Å². The van der Waals surface area contributed by atoms with E-state index >= 15 is 0 Å². The summed E-state index contributed by atoms with van der Waals surface area (Å²) in [5.74, 6) is 0.740. The number of nitrogens with one attached hydrogen (secondary N) is 1. The van der Waals surface area contributed by atoms with Gasteiger partial charge < -0.3 is 10.1 Å². The van der Waals surface area contributed by atoms with Crippen LogP contribution in [0.4, 0.5) is 0 Å². The van der Waals surface area contributed by atoms with E-state index in [2.05, 4.69) is 41.9 Å². The third-order valence-electron chi connectivity index (χ3n) is 4.35. The lowest BCUT2D eigenvalue weighted by Crippen LogP contribution is -2.33. The third kappa shape index (κ3) is 3.85. The van der Waals surface area contributed by atoms with Crippen molar-refractivity contribution in [2.45, 2.75) is 38.6 Å². The van der Waals surface area contributed by atoms with Gasteiger partial charge in [-0.2, -0.15) is 0 Å². The lowest BCUT2D eigenvalue weighted by molar-refractivity contribution is 0.181. The van der Waals surface area contributed by atoms with Crippen LogP contribution < -0.4 is 5.32 Å². The summed E-state index contributed by atoms with van der Waals surface area (Å²) in [5, 5.41) is 7.53. The van der Waals surface area contributed by atoms with Crippen LogP contribution in [0.1, 0.15) is 31.7 Å². The fourth-order valence-corrected chi connectivity index (χ4v) is 4.19. The zero-order valence-electron chi connectivity index (χ0n) is 12.8. The van der Waals surface area contributed by atoms with Crippen LogP contribution in [0.25, 0.3) is 10.1 Å². The highest BCUT2D eigenvalue weighted by molar-refractivity contribution is 7.17. The Labute approximate surface area is 131 Å². The topological polar surface area (TPSA) is 21.3 Å². The zero-order chi connectivity index (χ0) is 14.5. The van der Waals surface area contributed by atoms with E-state index in [0.29, 0.717) is 6.04 Å². The number of benzene rings is 1. The van der Waals surface area contributed by atoms with E-state index in [0.717, 1.165) is 32.1 Å². The Morgan fingerprint density at radius 2 is 2.29 bits per heavy atom. The van der Waals surface area contributed by atoms with Gasteiger partial charge in [-0.1, -0.05) is 25.1 Å². The van der Waals surface area contributed by atoms with Gasteiger partial charge in [-0.15, -0.1) is 11.3 Å². The molecule has 0 spiro atoms. The first-order valence-electron chi connectivity index (χ1n) is 8.13. The highest BCUT2D eigenvalue weighted by Gasteiger charge is 2.21. The molecular formula is C18H25NOS. The molecule has 0 saturated carbocycles. The Morgan fingerprint density at radius 3 is 3.10 bits per heavy atom. The summed E-state index contributed by atoms with van der Waals surface area (Å²) in [4.78, 5) is 0. The van der Waals surface area contributed by atoms with Crippen molar-refractivity contribution in [3.63, 3.8) is 0 Å². The molecule has 1 aromatic heterocycles. The van der Waals surface area contributed by atoms with Crippen molar-refractivity contribution in [1.82, 2.24) is 5.32 Å². The summed E-state index contributed by atoms with van der Waals surface area (Å²) < 4.78 is 6.95. The predicted molar refractivity (Wildman–Crippen MR) is 91.2 cm³/mol. The normalized spacial score (nSPS) is 20.1. The minimum atomic E-state index is 0.578. The summed E-state index contributed by atoms with van der Waals surface area (Å²) in [6.07, 6.45) is 4.81. The van der Waals surface area contributed by atoms with Crippen molar-refractivity contribution in [2.24, 2.45) is 5.92 Å². The Kier molecular flexibility index (Phi) is 5.28. The second-order valence-electron chi connectivity index (χ2n) is 6.08. The van der Waals surface area contributed by atoms with Crippen molar-refractivity contribution in [2.75, 3.05) is 19.8 Å². The first-order valence-corrected chi connectivity index (χ1v) is 9.01.